The van der Waals surface area contributed by atoms with Gasteiger partial charge in [0.1, 0.15) is 6.54 Å². The molecule has 26 heavy (non-hydrogen) atoms. The van der Waals surface area contributed by atoms with E-state index in [-0.39, 0.29) is 24.8 Å². The highest BCUT2D eigenvalue weighted by atomic mass is 16.5. The van der Waals surface area contributed by atoms with Crippen LogP contribution in [0.3, 0.4) is 0 Å². The van der Waals surface area contributed by atoms with Crippen LogP contribution in [0.5, 0.6) is 0 Å². The van der Waals surface area contributed by atoms with Crippen molar-refractivity contribution in [3.05, 3.63) is 70.8 Å². The molecule has 0 bridgehead atoms. The normalized spacial score (nSPS) is 10.5. The quantitative estimate of drug-likeness (QED) is 0.612. The fourth-order valence-corrected chi connectivity index (χ4v) is 2.38. The third-order valence-electron chi connectivity index (χ3n) is 3.94. The van der Waals surface area contributed by atoms with Crippen LogP contribution in [0.2, 0.25) is 0 Å². The highest BCUT2D eigenvalue weighted by molar-refractivity contribution is 5.98. The Kier molecular flexibility index (Phi) is 6.67. The zero-order valence-electron chi connectivity index (χ0n) is 15.2. The maximum absolute atomic E-state index is 12.1. The second kappa shape index (κ2) is 8.94. The van der Waals surface area contributed by atoms with Crippen LogP contribution in [0, 0.1) is 6.92 Å². The van der Waals surface area contributed by atoms with Gasteiger partial charge in [-0.05, 0) is 30.5 Å². The van der Waals surface area contributed by atoms with E-state index in [2.05, 4.69) is 19.2 Å². The van der Waals surface area contributed by atoms with Crippen LogP contribution in [0.1, 0.15) is 51.6 Å². The molecule has 0 aliphatic carbocycles. The largest absolute Gasteiger partial charge is 0.456 e. The van der Waals surface area contributed by atoms with Gasteiger partial charge >= 0.3 is 5.97 Å². The molecular weight excluding hydrogens is 330 g/mol. The predicted molar refractivity (Wildman–Crippen MR) is 99.3 cm³/mol. The van der Waals surface area contributed by atoms with Crippen molar-refractivity contribution in [2.75, 3.05) is 13.2 Å². The van der Waals surface area contributed by atoms with Crippen molar-refractivity contribution in [1.29, 1.82) is 0 Å². The summed E-state index contributed by atoms with van der Waals surface area (Å²) >= 11 is 0. The number of Topliss-reactive ketones (excluding diaryl/α,β-unsaturated/α-hetero) is 1. The molecule has 0 saturated carbocycles. The molecule has 0 aromatic heterocycles. The van der Waals surface area contributed by atoms with Gasteiger partial charge in [0.25, 0.3) is 5.91 Å². The molecular formula is C21H23NO4. The molecule has 5 heteroatoms. The molecule has 0 spiro atoms. The summed E-state index contributed by atoms with van der Waals surface area (Å²) in [5.74, 6) is -0.910. The molecule has 0 atom stereocenters. The molecule has 0 radical (unpaired) electrons. The number of rotatable bonds is 7. The van der Waals surface area contributed by atoms with Crippen LogP contribution < -0.4 is 5.32 Å². The molecule has 0 saturated heterocycles. The fourth-order valence-electron chi connectivity index (χ4n) is 2.38. The van der Waals surface area contributed by atoms with E-state index in [4.69, 9.17) is 4.74 Å². The van der Waals surface area contributed by atoms with Gasteiger partial charge in [0.05, 0.1) is 0 Å². The monoisotopic (exact) mass is 353 g/mol. The van der Waals surface area contributed by atoms with Gasteiger partial charge in [0.15, 0.2) is 12.4 Å². The van der Waals surface area contributed by atoms with Gasteiger partial charge in [-0.3, -0.25) is 14.4 Å². The molecule has 0 heterocycles. The standard InChI is InChI=1S/C21H23NO4/c1-14(2)16-7-9-17(10-8-16)19(23)13-26-20(24)12-22-21(25)18-6-4-5-15(3)11-18/h4-11,14H,12-13H2,1-3H3,(H,22,25). The minimum absolute atomic E-state index is 0.279. The number of benzene rings is 2. The minimum atomic E-state index is -0.654. The number of aryl methyl sites for hydroxylation is 1. The first-order chi connectivity index (χ1) is 12.4. The lowest BCUT2D eigenvalue weighted by Gasteiger charge is -2.08. The van der Waals surface area contributed by atoms with Crippen LogP contribution in [0.25, 0.3) is 0 Å². The summed E-state index contributed by atoms with van der Waals surface area (Å²) in [7, 11) is 0. The summed E-state index contributed by atoms with van der Waals surface area (Å²) in [5, 5.41) is 2.48. The predicted octanol–water partition coefficient (Wildman–Crippen LogP) is 3.27. The Morgan fingerprint density at radius 3 is 2.31 bits per heavy atom. The number of ether oxygens (including phenoxy) is 1. The maximum atomic E-state index is 12.1. The zero-order chi connectivity index (χ0) is 19.1. The summed E-state index contributed by atoms with van der Waals surface area (Å²) in [5.41, 5.74) is 3.05. The van der Waals surface area contributed by atoms with Crippen molar-refractivity contribution < 1.29 is 19.1 Å². The molecule has 136 valence electrons. The third kappa shape index (κ3) is 5.55. The number of nitrogens with one attached hydrogen (secondary N) is 1. The van der Waals surface area contributed by atoms with E-state index in [0.717, 1.165) is 11.1 Å². The lowest BCUT2D eigenvalue weighted by molar-refractivity contribution is -0.141. The number of carbonyl (C=O) groups excluding carboxylic acids is 3. The van der Waals surface area contributed by atoms with Gasteiger partial charge in [-0.2, -0.15) is 0 Å². The van der Waals surface area contributed by atoms with E-state index in [9.17, 15) is 14.4 Å². The summed E-state index contributed by atoms with van der Waals surface area (Å²) in [6.45, 7) is 5.39. The van der Waals surface area contributed by atoms with Crippen molar-refractivity contribution in [2.45, 2.75) is 26.7 Å². The van der Waals surface area contributed by atoms with Crippen molar-refractivity contribution in [1.82, 2.24) is 5.32 Å². The number of carbonyl (C=O) groups is 3. The lowest BCUT2D eigenvalue weighted by Crippen LogP contribution is -2.31. The van der Waals surface area contributed by atoms with Gasteiger partial charge in [0, 0.05) is 11.1 Å². The second-order valence-corrected chi connectivity index (χ2v) is 6.41. The van der Waals surface area contributed by atoms with E-state index < -0.39 is 5.97 Å². The Morgan fingerprint density at radius 2 is 1.69 bits per heavy atom. The first-order valence-corrected chi connectivity index (χ1v) is 8.50. The summed E-state index contributed by atoms with van der Waals surface area (Å²) in [6, 6.07) is 14.3. The molecule has 2 aromatic carbocycles. The van der Waals surface area contributed by atoms with Crippen LogP contribution >= 0.6 is 0 Å². The first-order valence-electron chi connectivity index (χ1n) is 8.50. The van der Waals surface area contributed by atoms with E-state index in [1.54, 1.807) is 30.3 Å². The Bertz CT molecular complexity index is 794. The first kappa shape index (κ1) is 19.4. The van der Waals surface area contributed by atoms with Crippen LogP contribution in [0.15, 0.2) is 48.5 Å². The molecule has 2 aromatic rings. The maximum Gasteiger partial charge on any atom is 0.325 e. The molecule has 2 rings (SSSR count). The average molecular weight is 353 g/mol. The third-order valence-corrected chi connectivity index (χ3v) is 3.94. The summed E-state index contributed by atoms with van der Waals surface area (Å²) < 4.78 is 4.94. The van der Waals surface area contributed by atoms with Crippen molar-refractivity contribution >= 4 is 17.7 Å². The number of hydrogen-bond donors (Lipinski definition) is 1. The fraction of sp³-hybridized carbons (Fsp3) is 0.286. The molecule has 0 unspecified atom stereocenters. The topological polar surface area (TPSA) is 72.5 Å². The van der Waals surface area contributed by atoms with E-state index in [1.807, 2.05) is 25.1 Å². The molecule has 1 N–H and O–H groups in total. The SMILES string of the molecule is Cc1cccc(C(=O)NCC(=O)OCC(=O)c2ccc(C(C)C)cc2)c1. The number of hydrogen-bond acceptors (Lipinski definition) is 4. The number of amides is 1. The highest BCUT2D eigenvalue weighted by Gasteiger charge is 2.12. The minimum Gasteiger partial charge on any atom is -0.456 e. The van der Waals surface area contributed by atoms with Gasteiger partial charge in [-0.1, -0.05) is 55.8 Å². The number of ketones is 1. The molecule has 0 aliphatic rings. The Hall–Kier alpha value is -2.95. The van der Waals surface area contributed by atoms with Crippen molar-refractivity contribution in [3.63, 3.8) is 0 Å². The highest BCUT2D eigenvalue weighted by Crippen LogP contribution is 2.15. The second-order valence-electron chi connectivity index (χ2n) is 6.41. The smallest absolute Gasteiger partial charge is 0.325 e. The van der Waals surface area contributed by atoms with E-state index in [1.165, 1.54) is 0 Å². The van der Waals surface area contributed by atoms with Crippen LogP contribution in [-0.2, 0) is 9.53 Å². The molecule has 0 aliphatic heterocycles. The Balaban J connectivity index is 1.79. The van der Waals surface area contributed by atoms with Gasteiger partial charge in [0.2, 0.25) is 0 Å². The molecule has 1 amide bonds. The molecule has 5 nitrogen and oxygen atoms in total. The van der Waals surface area contributed by atoms with Gasteiger partial charge < -0.3 is 10.1 Å². The summed E-state index contributed by atoms with van der Waals surface area (Å²) in [6.07, 6.45) is 0. The van der Waals surface area contributed by atoms with E-state index >= 15 is 0 Å². The van der Waals surface area contributed by atoms with Gasteiger partial charge in [-0.15, -0.1) is 0 Å². The van der Waals surface area contributed by atoms with E-state index in [0.29, 0.717) is 17.0 Å². The lowest BCUT2D eigenvalue weighted by atomic mass is 10.0. The number of esters is 1. The molecule has 0 fully saturated rings. The zero-order valence-corrected chi connectivity index (χ0v) is 15.2. The van der Waals surface area contributed by atoms with Crippen LogP contribution in [-0.4, -0.2) is 30.8 Å². The van der Waals surface area contributed by atoms with Crippen LogP contribution in [0.4, 0.5) is 0 Å². The Labute approximate surface area is 153 Å². The average Bonchev–Trinajstić information content (AvgIpc) is 2.64. The summed E-state index contributed by atoms with van der Waals surface area (Å²) in [4.78, 5) is 35.8. The van der Waals surface area contributed by atoms with Gasteiger partial charge in [-0.25, -0.2) is 0 Å². The Morgan fingerprint density at radius 1 is 1.00 bits per heavy atom. The van der Waals surface area contributed by atoms with Crippen molar-refractivity contribution in [3.8, 4) is 0 Å². The van der Waals surface area contributed by atoms with Crippen molar-refractivity contribution in [2.24, 2.45) is 0 Å².